The fourth-order valence-corrected chi connectivity index (χ4v) is 2.25. The molecule has 102 valence electrons. The van der Waals surface area contributed by atoms with E-state index in [4.69, 9.17) is 4.42 Å². The summed E-state index contributed by atoms with van der Waals surface area (Å²) in [6.07, 6.45) is 0. The highest BCUT2D eigenvalue weighted by Crippen LogP contribution is 2.18. The number of aromatic nitrogens is 1. The van der Waals surface area contributed by atoms with E-state index >= 15 is 0 Å². The van der Waals surface area contributed by atoms with E-state index in [0.29, 0.717) is 11.1 Å². The topological polar surface area (TPSA) is 58.0 Å². The molecule has 2 aromatic carbocycles. The van der Waals surface area contributed by atoms with Gasteiger partial charge in [0.15, 0.2) is 5.58 Å². The maximum Gasteiger partial charge on any atom is 0.417 e. The van der Waals surface area contributed by atoms with Crippen molar-refractivity contribution in [3.63, 3.8) is 0 Å². The zero-order valence-corrected chi connectivity index (χ0v) is 11.5. The van der Waals surface area contributed by atoms with Gasteiger partial charge in [0.1, 0.15) is 0 Å². The average Bonchev–Trinajstić information content (AvgIpc) is 2.79. The van der Waals surface area contributed by atoms with Gasteiger partial charge in [-0.15, -0.1) is 0 Å². The third-order valence-corrected chi connectivity index (χ3v) is 3.41. The number of benzene rings is 2. The normalized spacial score (nSPS) is 10.9. The minimum absolute atomic E-state index is 0.424. The number of hydrogen-bond acceptors (Lipinski definition) is 3. The fraction of sp³-hybridized carbons (Fsp3) is 0.188. The van der Waals surface area contributed by atoms with Crippen molar-refractivity contribution in [2.24, 2.45) is 0 Å². The molecule has 2 N–H and O–H groups in total. The van der Waals surface area contributed by atoms with Gasteiger partial charge in [0, 0.05) is 12.2 Å². The van der Waals surface area contributed by atoms with Crippen molar-refractivity contribution in [2.45, 2.75) is 20.4 Å². The lowest BCUT2D eigenvalue weighted by Crippen LogP contribution is -2.01. The highest BCUT2D eigenvalue weighted by atomic mass is 16.4. The molecule has 4 nitrogen and oxygen atoms in total. The zero-order chi connectivity index (χ0) is 14.1. The van der Waals surface area contributed by atoms with Gasteiger partial charge in [0.05, 0.1) is 5.52 Å². The second-order valence-electron chi connectivity index (χ2n) is 5.01. The Morgan fingerprint density at radius 2 is 2.00 bits per heavy atom. The van der Waals surface area contributed by atoms with Gasteiger partial charge in [-0.1, -0.05) is 23.8 Å². The summed E-state index contributed by atoms with van der Waals surface area (Å²) in [5, 5.41) is 3.37. The molecule has 0 unspecified atom stereocenters. The number of aryl methyl sites for hydroxylation is 2. The Kier molecular flexibility index (Phi) is 3.06. The number of nitrogens with one attached hydrogen (secondary N) is 2. The number of H-pyrrole nitrogens is 1. The Balaban J connectivity index is 1.82. The van der Waals surface area contributed by atoms with Crippen LogP contribution in [-0.4, -0.2) is 4.98 Å². The molecule has 4 heteroatoms. The number of fused-ring (bicyclic) bond motifs is 1. The molecule has 0 fully saturated rings. The van der Waals surface area contributed by atoms with Crippen LogP contribution in [0.25, 0.3) is 11.1 Å². The van der Waals surface area contributed by atoms with Crippen molar-refractivity contribution < 1.29 is 4.42 Å². The van der Waals surface area contributed by atoms with Crippen LogP contribution in [0.4, 0.5) is 5.69 Å². The number of hydrogen-bond donors (Lipinski definition) is 2. The highest BCUT2D eigenvalue weighted by Gasteiger charge is 2.03. The fourth-order valence-electron chi connectivity index (χ4n) is 2.25. The van der Waals surface area contributed by atoms with E-state index < -0.39 is 5.76 Å². The van der Waals surface area contributed by atoms with Gasteiger partial charge in [-0.25, -0.2) is 4.79 Å². The van der Waals surface area contributed by atoms with E-state index in [-0.39, 0.29) is 0 Å². The van der Waals surface area contributed by atoms with Crippen molar-refractivity contribution in [3.05, 3.63) is 63.6 Å². The third-order valence-electron chi connectivity index (χ3n) is 3.41. The Morgan fingerprint density at radius 1 is 1.15 bits per heavy atom. The van der Waals surface area contributed by atoms with Crippen LogP contribution in [0.2, 0.25) is 0 Å². The lowest BCUT2D eigenvalue weighted by atomic mass is 10.1. The molecule has 20 heavy (non-hydrogen) atoms. The first-order valence-corrected chi connectivity index (χ1v) is 6.55. The standard InChI is InChI=1S/C16H16N2O2/c1-10-3-4-11(2)12(7-10)9-17-13-5-6-15-14(8-13)18-16(19)20-15/h3-8,17H,9H2,1-2H3,(H,18,19). The number of oxazole rings is 1. The number of aromatic amines is 1. The van der Waals surface area contributed by atoms with Gasteiger partial charge in [0.2, 0.25) is 0 Å². The van der Waals surface area contributed by atoms with Gasteiger partial charge in [-0.2, -0.15) is 0 Å². The molecule has 0 aliphatic heterocycles. The van der Waals surface area contributed by atoms with Crippen molar-refractivity contribution in [1.29, 1.82) is 0 Å². The van der Waals surface area contributed by atoms with E-state index in [1.165, 1.54) is 16.7 Å². The molecule has 0 aliphatic carbocycles. The summed E-state index contributed by atoms with van der Waals surface area (Å²) in [5.74, 6) is -0.424. The number of anilines is 1. The first-order chi connectivity index (χ1) is 9.61. The van der Waals surface area contributed by atoms with Crippen molar-refractivity contribution in [3.8, 4) is 0 Å². The summed E-state index contributed by atoms with van der Waals surface area (Å²) < 4.78 is 4.98. The van der Waals surface area contributed by atoms with Crippen LogP contribution in [-0.2, 0) is 6.54 Å². The predicted octanol–water partition coefficient (Wildman–Crippen LogP) is 3.35. The lowest BCUT2D eigenvalue weighted by Gasteiger charge is -2.10. The van der Waals surface area contributed by atoms with Crippen LogP contribution >= 0.6 is 0 Å². The summed E-state index contributed by atoms with van der Waals surface area (Å²) in [6, 6.07) is 12.0. The van der Waals surface area contributed by atoms with Crippen molar-refractivity contribution in [1.82, 2.24) is 4.98 Å². The molecule has 0 saturated heterocycles. The van der Waals surface area contributed by atoms with Gasteiger partial charge < -0.3 is 9.73 Å². The van der Waals surface area contributed by atoms with Gasteiger partial charge in [0.25, 0.3) is 0 Å². The van der Waals surface area contributed by atoms with E-state index in [9.17, 15) is 4.79 Å². The van der Waals surface area contributed by atoms with Crippen LogP contribution in [0, 0.1) is 13.8 Å². The van der Waals surface area contributed by atoms with E-state index in [2.05, 4.69) is 42.3 Å². The molecule has 0 radical (unpaired) electrons. The largest absolute Gasteiger partial charge is 0.417 e. The molecule has 0 bridgehead atoms. The van der Waals surface area contributed by atoms with Gasteiger partial charge in [-0.05, 0) is 43.2 Å². The summed E-state index contributed by atoms with van der Waals surface area (Å²) in [4.78, 5) is 13.8. The highest BCUT2D eigenvalue weighted by molar-refractivity contribution is 5.76. The third kappa shape index (κ3) is 2.45. The SMILES string of the molecule is Cc1ccc(C)c(CNc2ccc3oc(=O)[nH]c3c2)c1. The van der Waals surface area contributed by atoms with Crippen molar-refractivity contribution in [2.75, 3.05) is 5.32 Å². The first kappa shape index (κ1) is 12.5. The molecule has 3 aromatic rings. The van der Waals surface area contributed by atoms with Gasteiger partial charge in [-0.3, -0.25) is 4.98 Å². The molecule has 1 heterocycles. The minimum Gasteiger partial charge on any atom is -0.408 e. The molecule has 1 aromatic heterocycles. The second kappa shape index (κ2) is 4.89. The maximum absolute atomic E-state index is 11.1. The summed E-state index contributed by atoms with van der Waals surface area (Å²) in [7, 11) is 0. The van der Waals surface area contributed by atoms with Crippen molar-refractivity contribution >= 4 is 16.8 Å². The molecule has 0 atom stereocenters. The van der Waals surface area contributed by atoms with Gasteiger partial charge >= 0.3 is 5.76 Å². The first-order valence-electron chi connectivity index (χ1n) is 6.55. The molecule has 0 aliphatic rings. The Morgan fingerprint density at radius 3 is 2.85 bits per heavy atom. The Hall–Kier alpha value is -2.49. The average molecular weight is 268 g/mol. The van der Waals surface area contributed by atoms with Crippen LogP contribution in [0.5, 0.6) is 0 Å². The zero-order valence-electron chi connectivity index (χ0n) is 11.5. The van der Waals surface area contributed by atoms with Crippen LogP contribution in [0.3, 0.4) is 0 Å². The monoisotopic (exact) mass is 268 g/mol. The van der Waals surface area contributed by atoms with Crippen LogP contribution in [0.1, 0.15) is 16.7 Å². The predicted molar refractivity (Wildman–Crippen MR) is 80.1 cm³/mol. The summed E-state index contributed by atoms with van der Waals surface area (Å²) in [6.45, 7) is 4.94. The van der Waals surface area contributed by atoms with Crippen LogP contribution in [0.15, 0.2) is 45.6 Å². The van der Waals surface area contributed by atoms with E-state index in [1.807, 2.05) is 12.1 Å². The lowest BCUT2D eigenvalue weighted by molar-refractivity contribution is 0.555. The Labute approximate surface area is 116 Å². The van der Waals surface area contributed by atoms with E-state index in [0.717, 1.165) is 12.2 Å². The quantitative estimate of drug-likeness (QED) is 0.766. The number of rotatable bonds is 3. The molecular formula is C16H16N2O2. The minimum atomic E-state index is -0.424. The molecule has 3 rings (SSSR count). The molecular weight excluding hydrogens is 252 g/mol. The molecule has 0 spiro atoms. The second-order valence-corrected chi connectivity index (χ2v) is 5.01. The van der Waals surface area contributed by atoms with Crippen LogP contribution < -0.4 is 11.1 Å². The molecule has 0 saturated carbocycles. The molecule has 0 amide bonds. The smallest absolute Gasteiger partial charge is 0.408 e. The summed E-state index contributed by atoms with van der Waals surface area (Å²) >= 11 is 0. The summed E-state index contributed by atoms with van der Waals surface area (Å²) in [5.41, 5.74) is 6.03. The Bertz CT molecular complexity index is 815. The van der Waals surface area contributed by atoms with E-state index in [1.54, 1.807) is 6.07 Å². The maximum atomic E-state index is 11.1.